The summed E-state index contributed by atoms with van der Waals surface area (Å²) < 4.78 is 43.3. The third-order valence-corrected chi connectivity index (χ3v) is 3.78. The molecule has 0 fully saturated rings. The highest BCUT2D eigenvalue weighted by Crippen LogP contribution is 2.39. The minimum absolute atomic E-state index is 0.0840. The predicted molar refractivity (Wildman–Crippen MR) is 83.9 cm³/mol. The zero-order valence-corrected chi connectivity index (χ0v) is 13.8. The van der Waals surface area contributed by atoms with Gasteiger partial charge in [-0.3, -0.25) is 10.1 Å². The quantitative estimate of drug-likeness (QED) is 0.225. The zero-order chi connectivity index (χ0) is 20.8. The van der Waals surface area contributed by atoms with Crippen LogP contribution < -0.4 is 4.73 Å². The van der Waals surface area contributed by atoms with Crippen LogP contribution in [0.25, 0.3) is 22.9 Å². The van der Waals surface area contributed by atoms with Gasteiger partial charge < -0.3 is 19.8 Å². The van der Waals surface area contributed by atoms with Crippen molar-refractivity contribution >= 4 is 5.69 Å². The smallest absolute Gasteiger partial charge is 0.478 e. The molecule has 0 amide bonds. The Hall–Kier alpha value is -3.90. The standard InChI is InChI=1S/C15H9F3N4O6/c1-6-8(2-3-11(21(6)25)15(16,17)18)14-20-19-13(28-14)7-4-9(22(26)27)12(24)10(23)5-7/h2-5,23-24H,1H3. The van der Waals surface area contributed by atoms with Gasteiger partial charge in [0, 0.05) is 24.6 Å². The Morgan fingerprint density at radius 3 is 2.43 bits per heavy atom. The third kappa shape index (κ3) is 3.13. The normalized spacial score (nSPS) is 11.6. The minimum Gasteiger partial charge on any atom is -0.618 e. The maximum atomic E-state index is 12.8. The van der Waals surface area contributed by atoms with Crippen LogP contribution in [0.1, 0.15) is 11.4 Å². The van der Waals surface area contributed by atoms with Crippen molar-refractivity contribution in [2.24, 2.45) is 0 Å². The predicted octanol–water partition coefficient (Wildman–Crippen LogP) is 2.68. The number of nitrogens with zero attached hydrogens (tertiary/aromatic N) is 4. The van der Waals surface area contributed by atoms with Gasteiger partial charge in [0.2, 0.25) is 17.3 Å². The Morgan fingerprint density at radius 2 is 1.82 bits per heavy atom. The number of alkyl halides is 3. The van der Waals surface area contributed by atoms with E-state index in [0.717, 1.165) is 25.1 Å². The first-order chi connectivity index (χ1) is 13.0. The number of phenols is 2. The van der Waals surface area contributed by atoms with E-state index < -0.39 is 34.0 Å². The minimum atomic E-state index is -4.85. The van der Waals surface area contributed by atoms with E-state index in [1.165, 1.54) is 0 Å². The van der Waals surface area contributed by atoms with E-state index in [-0.39, 0.29) is 33.3 Å². The summed E-state index contributed by atoms with van der Waals surface area (Å²) in [5, 5.41) is 49.1. The molecule has 0 atom stereocenters. The van der Waals surface area contributed by atoms with Crippen LogP contribution >= 0.6 is 0 Å². The van der Waals surface area contributed by atoms with Gasteiger partial charge in [-0.15, -0.1) is 10.2 Å². The second-order valence-electron chi connectivity index (χ2n) is 5.54. The molecule has 0 unspecified atom stereocenters. The van der Waals surface area contributed by atoms with Gasteiger partial charge in [0.25, 0.3) is 11.6 Å². The summed E-state index contributed by atoms with van der Waals surface area (Å²) in [5.41, 5.74) is -2.81. The molecule has 0 aliphatic carbocycles. The van der Waals surface area contributed by atoms with Gasteiger partial charge in [-0.25, -0.2) is 0 Å². The lowest BCUT2D eigenvalue weighted by Crippen LogP contribution is -2.39. The summed E-state index contributed by atoms with van der Waals surface area (Å²) in [6, 6.07) is 3.31. The number of nitro groups is 1. The molecule has 13 heteroatoms. The molecule has 0 bridgehead atoms. The second kappa shape index (κ2) is 6.37. The number of nitro benzene ring substituents is 1. The summed E-state index contributed by atoms with van der Waals surface area (Å²) in [5.74, 6) is -2.42. The summed E-state index contributed by atoms with van der Waals surface area (Å²) in [6.45, 7) is 1.12. The fraction of sp³-hybridized carbons (Fsp3) is 0.133. The molecule has 146 valence electrons. The summed E-state index contributed by atoms with van der Waals surface area (Å²) in [6.07, 6.45) is -4.85. The van der Waals surface area contributed by atoms with Crippen molar-refractivity contribution in [3.63, 3.8) is 0 Å². The van der Waals surface area contributed by atoms with Crippen molar-refractivity contribution in [2.75, 3.05) is 0 Å². The number of halogens is 3. The molecule has 3 aromatic rings. The number of phenolic OH excluding ortho intramolecular Hbond substituents is 2. The van der Waals surface area contributed by atoms with Gasteiger partial charge in [0.05, 0.1) is 4.92 Å². The maximum Gasteiger partial charge on any atom is 0.478 e. The first kappa shape index (κ1) is 18.9. The van der Waals surface area contributed by atoms with Gasteiger partial charge in [0.15, 0.2) is 5.75 Å². The third-order valence-electron chi connectivity index (χ3n) is 3.78. The second-order valence-corrected chi connectivity index (χ2v) is 5.54. The number of rotatable bonds is 3. The molecule has 2 heterocycles. The Kier molecular flexibility index (Phi) is 4.29. The highest BCUT2D eigenvalue weighted by molar-refractivity contribution is 5.68. The number of benzene rings is 1. The summed E-state index contributed by atoms with van der Waals surface area (Å²) >= 11 is 0. The van der Waals surface area contributed by atoms with Crippen molar-refractivity contribution in [1.82, 2.24) is 10.2 Å². The Bertz CT molecular complexity index is 1100. The lowest BCUT2D eigenvalue weighted by Gasteiger charge is -2.10. The summed E-state index contributed by atoms with van der Waals surface area (Å²) in [4.78, 5) is 9.97. The fourth-order valence-corrected chi connectivity index (χ4v) is 2.39. The Balaban J connectivity index is 2.07. The molecule has 2 aromatic heterocycles. The molecule has 0 aliphatic heterocycles. The van der Waals surface area contributed by atoms with Gasteiger partial charge in [0.1, 0.15) is 5.56 Å². The van der Waals surface area contributed by atoms with Crippen molar-refractivity contribution in [3.05, 3.63) is 51.0 Å². The molecule has 2 N–H and O–H groups in total. The fourth-order valence-electron chi connectivity index (χ4n) is 2.39. The number of aromatic nitrogens is 3. The first-order valence-electron chi connectivity index (χ1n) is 7.35. The molecule has 10 nitrogen and oxygen atoms in total. The maximum absolute atomic E-state index is 12.8. The van der Waals surface area contributed by atoms with Gasteiger partial charge in [-0.2, -0.15) is 17.9 Å². The molecule has 0 spiro atoms. The molecule has 28 heavy (non-hydrogen) atoms. The monoisotopic (exact) mass is 398 g/mol. The van der Waals surface area contributed by atoms with Crippen molar-refractivity contribution in [3.8, 4) is 34.4 Å². The topological polar surface area (TPSA) is 149 Å². The molecule has 0 saturated heterocycles. The average molecular weight is 398 g/mol. The van der Waals surface area contributed by atoms with E-state index in [1.54, 1.807) is 0 Å². The Labute approximate surface area is 152 Å². The van der Waals surface area contributed by atoms with E-state index in [0.29, 0.717) is 6.07 Å². The lowest BCUT2D eigenvalue weighted by atomic mass is 10.1. The van der Waals surface area contributed by atoms with E-state index in [2.05, 4.69) is 10.2 Å². The van der Waals surface area contributed by atoms with Gasteiger partial charge >= 0.3 is 11.9 Å². The van der Waals surface area contributed by atoms with Crippen LogP contribution in [0, 0.1) is 22.2 Å². The molecular formula is C15H9F3N4O6. The van der Waals surface area contributed by atoms with Crippen LogP contribution in [-0.4, -0.2) is 25.3 Å². The van der Waals surface area contributed by atoms with Crippen LogP contribution in [0.2, 0.25) is 0 Å². The molecule has 0 radical (unpaired) electrons. The SMILES string of the molecule is Cc1c(-c2nnc(-c3cc(O)c(O)c([N+](=O)[O-])c3)o2)ccc(C(F)(F)F)[n+]1[O-]. The molecule has 3 rings (SSSR count). The van der Waals surface area contributed by atoms with E-state index in [9.17, 15) is 38.7 Å². The molecule has 0 aliphatic rings. The highest BCUT2D eigenvalue weighted by atomic mass is 19.4. The first-order valence-corrected chi connectivity index (χ1v) is 7.35. The number of hydrogen-bond acceptors (Lipinski definition) is 8. The van der Waals surface area contributed by atoms with Gasteiger partial charge in [-0.1, -0.05) is 0 Å². The van der Waals surface area contributed by atoms with Crippen molar-refractivity contribution < 1.29 is 37.5 Å². The van der Waals surface area contributed by atoms with Crippen LogP contribution in [0.3, 0.4) is 0 Å². The zero-order valence-electron chi connectivity index (χ0n) is 13.8. The Morgan fingerprint density at radius 1 is 1.18 bits per heavy atom. The van der Waals surface area contributed by atoms with E-state index in [4.69, 9.17) is 4.42 Å². The lowest BCUT2D eigenvalue weighted by molar-refractivity contribution is -0.635. The van der Waals surface area contributed by atoms with E-state index in [1.807, 2.05) is 0 Å². The van der Waals surface area contributed by atoms with Crippen molar-refractivity contribution in [2.45, 2.75) is 13.1 Å². The number of pyridine rings is 1. The average Bonchev–Trinajstić information content (AvgIpc) is 3.07. The van der Waals surface area contributed by atoms with E-state index >= 15 is 0 Å². The summed E-state index contributed by atoms with van der Waals surface area (Å²) in [7, 11) is 0. The van der Waals surface area contributed by atoms with Crippen LogP contribution in [0.4, 0.5) is 18.9 Å². The number of hydrogen-bond donors (Lipinski definition) is 2. The van der Waals surface area contributed by atoms with Crippen LogP contribution in [0.15, 0.2) is 28.7 Å². The molecular weight excluding hydrogens is 389 g/mol. The number of aromatic hydroxyl groups is 2. The van der Waals surface area contributed by atoms with Crippen molar-refractivity contribution in [1.29, 1.82) is 0 Å². The van der Waals surface area contributed by atoms with Gasteiger partial charge in [-0.05, 0) is 12.1 Å². The van der Waals surface area contributed by atoms with Crippen LogP contribution in [-0.2, 0) is 6.18 Å². The van der Waals surface area contributed by atoms with Crippen LogP contribution in [0.5, 0.6) is 11.5 Å². The molecule has 1 aromatic carbocycles. The highest BCUT2D eigenvalue weighted by Gasteiger charge is 2.41. The molecule has 0 saturated carbocycles. The largest absolute Gasteiger partial charge is 0.618 e.